The standard InChI is InChI=1S/C27H32ClFN8O7/c1-12(2)19-25(41)30-7-8-36(27(43)21-22(29)37-10-15(28)5-6-18(37)32-21)11-16-9-17(35-44-16)24(40)34-20(14(4)38)26(42)31-13(3)23(39)33-19/h5-6,9-10,12-14,19-20,38H,7-8,11H2,1-4H3,(H,30,41)(H,31,42)(H,33,39)(H,34,40)/t13-,14+,19-,20-/m0/s1. The summed E-state index contributed by atoms with van der Waals surface area (Å²) in [6, 6.07) is 0.487. The van der Waals surface area contributed by atoms with Gasteiger partial charge < -0.3 is 35.8 Å². The number of carbonyl (C=O) groups is 5. The summed E-state index contributed by atoms with van der Waals surface area (Å²) in [5.74, 6) is -5.18. The Morgan fingerprint density at radius 1 is 1.09 bits per heavy atom. The summed E-state index contributed by atoms with van der Waals surface area (Å²) in [6.07, 6.45) is -0.109. The molecule has 5 N–H and O–H groups in total. The summed E-state index contributed by atoms with van der Waals surface area (Å²) in [5.41, 5.74) is -0.672. The number of halogens is 2. The van der Waals surface area contributed by atoms with Crippen molar-refractivity contribution >= 4 is 46.8 Å². The van der Waals surface area contributed by atoms with E-state index in [4.69, 9.17) is 16.1 Å². The molecular formula is C27H32ClFN8O7. The lowest BCUT2D eigenvalue weighted by atomic mass is 10.0. The minimum Gasteiger partial charge on any atom is -0.391 e. The first-order valence-electron chi connectivity index (χ1n) is 13.7. The molecule has 0 fully saturated rings. The number of hydrogen-bond donors (Lipinski definition) is 5. The fourth-order valence-corrected chi connectivity index (χ4v) is 4.60. The van der Waals surface area contributed by atoms with Crippen LogP contribution >= 0.6 is 11.6 Å². The number of hydrogen-bond acceptors (Lipinski definition) is 9. The number of rotatable bonds is 3. The molecular weight excluding hydrogens is 603 g/mol. The molecule has 15 nitrogen and oxygen atoms in total. The fourth-order valence-electron chi connectivity index (χ4n) is 4.44. The van der Waals surface area contributed by atoms with Gasteiger partial charge in [-0.3, -0.25) is 28.4 Å². The number of imidazole rings is 1. The van der Waals surface area contributed by atoms with Gasteiger partial charge in [0.05, 0.1) is 17.7 Å². The van der Waals surface area contributed by atoms with E-state index in [0.717, 1.165) is 9.30 Å². The minimum atomic E-state index is -1.48. The van der Waals surface area contributed by atoms with Gasteiger partial charge in [0, 0.05) is 25.4 Å². The van der Waals surface area contributed by atoms with Gasteiger partial charge in [-0.05, 0) is 31.9 Å². The predicted octanol–water partition coefficient (Wildman–Crippen LogP) is 0.0117. The summed E-state index contributed by atoms with van der Waals surface area (Å²) in [4.78, 5) is 70.5. The number of nitrogens with zero attached hydrogens (tertiary/aromatic N) is 4. The Kier molecular flexibility index (Phi) is 9.84. The number of aliphatic hydroxyl groups is 1. The van der Waals surface area contributed by atoms with Gasteiger partial charge in [-0.25, -0.2) is 4.98 Å². The first-order valence-corrected chi connectivity index (χ1v) is 14.1. The SMILES string of the molecule is CC(C)[C@@H]1NC(=O)[C@H](C)NC(=O)[C@H]([C@@H](C)O)NC(=O)c2cc(on2)CN(C(=O)c2nc3ccc(Cl)cn3c2F)CCNC1=O. The van der Waals surface area contributed by atoms with Gasteiger partial charge in [0.25, 0.3) is 11.8 Å². The van der Waals surface area contributed by atoms with E-state index in [1.807, 2.05) is 0 Å². The zero-order valence-electron chi connectivity index (χ0n) is 24.3. The van der Waals surface area contributed by atoms with Gasteiger partial charge in [0.2, 0.25) is 23.7 Å². The van der Waals surface area contributed by atoms with Crippen LogP contribution in [0.15, 0.2) is 28.9 Å². The Morgan fingerprint density at radius 3 is 2.50 bits per heavy atom. The summed E-state index contributed by atoms with van der Waals surface area (Å²) in [6.45, 7) is 5.46. The van der Waals surface area contributed by atoms with Crippen LogP contribution in [-0.4, -0.2) is 91.4 Å². The largest absolute Gasteiger partial charge is 0.391 e. The Balaban J connectivity index is 1.68. The van der Waals surface area contributed by atoms with Crippen molar-refractivity contribution in [1.82, 2.24) is 40.7 Å². The smallest absolute Gasteiger partial charge is 0.277 e. The lowest BCUT2D eigenvalue weighted by molar-refractivity contribution is -0.133. The second-order valence-corrected chi connectivity index (χ2v) is 11.1. The third-order valence-corrected chi connectivity index (χ3v) is 7.11. The van der Waals surface area contributed by atoms with E-state index in [9.17, 15) is 29.1 Å². The minimum absolute atomic E-state index is 0.0159. The molecule has 0 unspecified atom stereocenters. The number of pyridine rings is 1. The number of aromatic nitrogens is 3. The molecule has 4 heterocycles. The van der Waals surface area contributed by atoms with Crippen LogP contribution in [-0.2, 0) is 20.9 Å². The van der Waals surface area contributed by atoms with Gasteiger partial charge in [-0.2, -0.15) is 4.39 Å². The van der Waals surface area contributed by atoms with Crippen molar-refractivity contribution in [2.24, 2.45) is 5.92 Å². The van der Waals surface area contributed by atoms with E-state index >= 15 is 4.39 Å². The molecule has 5 amide bonds. The molecule has 1 aliphatic heterocycles. The maximum absolute atomic E-state index is 15.3. The van der Waals surface area contributed by atoms with E-state index in [1.165, 1.54) is 38.2 Å². The topological polar surface area (TPSA) is 200 Å². The number of aliphatic hydroxyl groups excluding tert-OH is 1. The van der Waals surface area contributed by atoms with Crippen molar-refractivity contribution in [3.63, 3.8) is 0 Å². The predicted molar refractivity (Wildman–Crippen MR) is 152 cm³/mol. The lowest BCUT2D eigenvalue weighted by Crippen LogP contribution is -2.58. The zero-order chi connectivity index (χ0) is 32.3. The van der Waals surface area contributed by atoms with Crippen molar-refractivity contribution in [2.75, 3.05) is 13.1 Å². The van der Waals surface area contributed by atoms with Crippen LogP contribution in [0.5, 0.6) is 0 Å². The van der Waals surface area contributed by atoms with Gasteiger partial charge in [0.15, 0.2) is 17.1 Å². The lowest BCUT2D eigenvalue weighted by Gasteiger charge is -2.26. The molecule has 17 heteroatoms. The van der Waals surface area contributed by atoms with Crippen LogP contribution in [0, 0.1) is 11.9 Å². The third-order valence-electron chi connectivity index (χ3n) is 6.88. The molecule has 3 aromatic heterocycles. The number of fused-ring (bicyclic) bond motifs is 3. The number of nitrogens with one attached hydrogen (secondary N) is 4. The van der Waals surface area contributed by atoms with Crippen molar-refractivity contribution in [2.45, 2.75) is 58.5 Å². The van der Waals surface area contributed by atoms with E-state index in [0.29, 0.717) is 0 Å². The molecule has 3 aromatic rings. The highest BCUT2D eigenvalue weighted by atomic mass is 35.5. The third kappa shape index (κ3) is 7.14. The average Bonchev–Trinajstić information content (AvgIpc) is 3.56. The van der Waals surface area contributed by atoms with Crippen molar-refractivity contribution in [3.8, 4) is 0 Å². The van der Waals surface area contributed by atoms with Crippen LogP contribution in [0.25, 0.3) is 5.65 Å². The average molecular weight is 635 g/mol. The van der Waals surface area contributed by atoms with Gasteiger partial charge in [0.1, 0.15) is 23.8 Å². The fraction of sp³-hybridized carbons (Fsp3) is 0.444. The summed E-state index contributed by atoms with van der Waals surface area (Å²) in [7, 11) is 0. The monoisotopic (exact) mass is 634 g/mol. The summed E-state index contributed by atoms with van der Waals surface area (Å²) in [5, 5.41) is 24.1. The van der Waals surface area contributed by atoms with Gasteiger partial charge >= 0.3 is 0 Å². The normalized spacial score (nSPS) is 21.6. The molecule has 4 atom stereocenters. The van der Waals surface area contributed by atoms with Crippen LogP contribution in [0.3, 0.4) is 0 Å². The molecule has 0 radical (unpaired) electrons. The van der Waals surface area contributed by atoms with Crippen molar-refractivity contribution < 1.29 is 38.0 Å². The highest BCUT2D eigenvalue weighted by Crippen LogP contribution is 2.18. The molecule has 4 rings (SSSR count). The Labute approximate surface area is 255 Å². The second kappa shape index (κ2) is 13.4. The summed E-state index contributed by atoms with van der Waals surface area (Å²) >= 11 is 5.97. The number of amides is 5. The van der Waals surface area contributed by atoms with Crippen LogP contribution in [0.4, 0.5) is 4.39 Å². The summed E-state index contributed by atoms with van der Waals surface area (Å²) < 4.78 is 21.5. The molecule has 0 spiro atoms. The zero-order valence-corrected chi connectivity index (χ0v) is 25.0. The first kappa shape index (κ1) is 32.3. The van der Waals surface area contributed by atoms with Crippen molar-refractivity contribution in [3.05, 3.63) is 52.5 Å². The van der Waals surface area contributed by atoms with Crippen LogP contribution < -0.4 is 21.3 Å². The van der Waals surface area contributed by atoms with E-state index in [1.54, 1.807) is 13.8 Å². The van der Waals surface area contributed by atoms with E-state index in [2.05, 4.69) is 31.4 Å². The maximum atomic E-state index is 15.3. The molecule has 0 aromatic carbocycles. The van der Waals surface area contributed by atoms with E-state index in [-0.39, 0.29) is 47.7 Å². The van der Waals surface area contributed by atoms with E-state index < -0.39 is 65.4 Å². The molecule has 44 heavy (non-hydrogen) atoms. The number of carbonyl (C=O) groups excluding carboxylic acids is 5. The quantitative estimate of drug-likeness (QED) is 0.263. The molecule has 0 aliphatic carbocycles. The van der Waals surface area contributed by atoms with Gasteiger partial charge in [-0.1, -0.05) is 30.6 Å². The Bertz CT molecular complexity index is 1590. The Morgan fingerprint density at radius 2 is 1.82 bits per heavy atom. The Hall–Kier alpha value is -4.57. The van der Waals surface area contributed by atoms with Crippen LogP contribution in [0.1, 0.15) is 54.4 Å². The van der Waals surface area contributed by atoms with Crippen molar-refractivity contribution in [1.29, 1.82) is 0 Å². The maximum Gasteiger partial charge on any atom is 0.277 e. The molecule has 0 saturated carbocycles. The first-order chi connectivity index (χ1) is 20.8. The van der Waals surface area contributed by atoms with Crippen LogP contribution in [0.2, 0.25) is 5.02 Å². The highest BCUT2D eigenvalue weighted by molar-refractivity contribution is 6.30. The molecule has 2 bridgehead atoms. The highest BCUT2D eigenvalue weighted by Gasteiger charge is 2.32. The molecule has 1 aliphatic rings. The molecule has 0 saturated heterocycles. The second-order valence-electron chi connectivity index (χ2n) is 10.7. The molecule has 236 valence electrons. The van der Waals surface area contributed by atoms with Gasteiger partial charge in [-0.15, -0.1) is 0 Å².